The van der Waals surface area contributed by atoms with E-state index in [1.165, 1.54) is 30.6 Å². The summed E-state index contributed by atoms with van der Waals surface area (Å²) >= 11 is 0. The second kappa shape index (κ2) is 10.9. The van der Waals surface area contributed by atoms with Gasteiger partial charge in [-0.25, -0.2) is 23.1 Å². The zero-order valence-electron chi connectivity index (χ0n) is 17.2. The number of carbonyl (C=O) groups excluding carboxylic acids is 1. The lowest BCUT2D eigenvalue weighted by Gasteiger charge is -2.22. The lowest BCUT2D eigenvalue weighted by Crippen LogP contribution is -2.40. The summed E-state index contributed by atoms with van der Waals surface area (Å²) in [7, 11) is -4.00. The first-order valence-corrected chi connectivity index (χ1v) is 11.1. The van der Waals surface area contributed by atoms with E-state index in [1.54, 1.807) is 60.7 Å². The molecule has 2 aromatic carbocycles. The average Bonchev–Trinajstić information content (AvgIpc) is 2.83. The van der Waals surface area contributed by atoms with Gasteiger partial charge < -0.3 is 4.74 Å². The maximum absolute atomic E-state index is 13.1. The molecule has 9 heteroatoms. The first kappa shape index (κ1) is 22.7. The van der Waals surface area contributed by atoms with Crippen LogP contribution in [-0.2, 0) is 14.8 Å². The molecule has 0 saturated heterocycles. The molecule has 0 aliphatic carbocycles. The van der Waals surface area contributed by atoms with Crippen molar-refractivity contribution in [2.24, 2.45) is 5.10 Å². The molecule has 3 rings (SSSR count). The first-order chi connectivity index (χ1) is 15.5. The van der Waals surface area contributed by atoms with E-state index in [0.29, 0.717) is 12.4 Å². The zero-order valence-corrected chi connectivity index (χ0v) is 18.0. The lowest BCUT2D eigenvalue weighted by atomic mass is 10.2. The summed E-state index contributed by atoms with van der Waals surface area (Å²) in [6.07, 6.45) is 4.56. The Kier molecular flexibility index (Phi) is 7.71. The normalized spacial score (nSPS) is 11.1. The van der Waals surface area contributed by atoms with E-state index in [2.05, 4.69) is 22.1 Å². The van der Waals surface area contributed by atoms with Gasteiger partial charge in [-0.15, -0.1) is 0 Å². The highest BCUT2D eigenvalue weighted by Gasteiger charge is 2.27. The molecular weight excluding hydrogens is 428 g/mol. The number of rotatable bonds is 10. The topological polar surface area (TPSA) is 101 Å². The van der Waals surface area contributed by atoms with Gasteiger partial charge in [0.1, 0.15) is 24.7 Å². The Morgan fingerprint density at radius 3 is 2.44 bits per heavy atom. The summed E-state index contributed by atoms with van der Waals surface area (Å²) in [4.78, 5) is 16.6. The average molecular weight is 451 g/mol. The number of benzene rings is 2. The van der Waals surface area contributed by atoms with Crippen molar-refractivity contribution in [1.29, 1.82) is 0 Å². The Morgan fingerprint density at radius 2 is 1.78 bits per heavy atom. The van der Waals surface area contributed by atoms with Crippen LogP contribution >= 0.6 is 0 Å². The van der Waals surface area contributed by atoms with E-state index in [-0.39, 0.29) is 10.7 Å². The molecule has 0 bridgehead atoms. The highest BCUT2D eigenvalue weighted by molar-refractivity contribution is 7.92. The van der Waals surface area contributed by atoms with Crippen LogP contribution in [0, 0.1) is 0 Å². The highest BCUT2D eigenvalue weighted by Crippen LogP contribution is 2.21. The quantitative estimate of drug-likeness (QED) is 0.291. The fourth-order valence-electron chi connectivity index (χ4n) is 2.66. The van der Waals surface area contributed by atoms with Crippen LogP contribution in [-0.4, -0.2) is 38.7 Å². The lowest BCUT2D eigenvalue weighted by molar-refractivity contribution is -0.119. The van der Waals surface area contributed by atoms with Gasteiger partial charge in [-0.3, -0.25) is 4.79 Å². The number of amides is 1. The van der Waals surface area contributed by atoms with Crippen molar-refractivity contribution in [1.82, 2.24) is 10.4 Å². The Balaban J connectivity index is 1.71. The van der Waals surface area contributed by atoms with Gasteiger partial charge in [0, 0.05) is 6.20 Å². The van der Waals surface area contributed by atoms with Gasteiger partial charge in [-0.1, -0.05) is 36.9 Å². The molecule has 0 radical (unpaired) electrons. The fourth-order valence-corrected chi connectivity index (χ4v) is 4.06. The van der Waals surface area contributed by atoms with Crippen molar-refractivity contribution in [2.45, 2.75) is 4.90 Å². The number of pyridine rings is 1. The molecule has 1 aromatic heterocycles. The van der Waals surface area contributed by atoms with Gasteiger partial charge in [0.2, 0.25) is 0 Å². The molecule has 0 aliphatic rings. The number of anilines is 1. The monoisotopic (exact) mass is 450 g/mol. The van der Waals surface area contributed by atoms with Gasteiger partial charge >= 0.3 is 0 Å². The second-order valence-corrected chi connectivity index (χ2v) is 8.34. The Hall–Kier alpha value is -3.98. The minimum Gasteiger partial charge on any atom is -0.490 e. The number of nitrogens with zero attached hydrogens (tertiary/aromatic N) is 3. The zero-order chi connectivity index (χ0) is 22.8. The van der Waals surface area contributed by atoms with Crippen molar-refractivity contribution in [3.8, 4) is 5.75 Å². The second-order valence-electron chi connectivity index (χ2n) is 6.47. The third-order valence-electron chi connectivity index (χ3n) is 4.17. The molecule has 0 atom stereocenters. The summed E-state index contributed by atoms with van der Waals surface area (Å²) in [5.41, 5.74) is 3.09. The molecule has 164 valence electrons. The van der Waals surface area contributed by atoms with Crippen LogP contribution in [0.25, 0.3) is 0 Å². The predicted octanol–water partition coefficient (Wildman–Crippen LogP) is 2.99. The molecule has 1 heterocycles. The molecule has 3 aromatic rings. The number of hydrogen-bond donors (Lipinski definition) is 1. The number of nitrogens with one attached hydrogen (secondary N) is 1. The van der Waals surface area contributed by atoms with Crippen molar-refractivity contribution in [3.63, 3.8) is 0 Å². The van der Waals surface area contributed by atoms with Crippen LogP contribution in [0.3, 0.4) is 0 Å². The van der Waals surface area contributed by atoms with Crippen LogP contribution in [0.1, 0.15) is 5.56 Å². The van der Waals surface area contributed by atoms with Crippen molar-refractivity contribution in [3.05, 3.63) is 97.2 Å². The molecule has 0 spiro atoms. The molecule has 0 saturated carbocycles. The molecule has 32 heavy (non-hydrogen) atoms. The number of ether oxygens (including phenoxy) is 1. The summed E-state index contributed by atoms with van der Waals surface area (Å²) < 4.78 is 32.6. The minimum atomic E-state index is -4.00. The Bertz CT molecular complexity index is 1170. The molecule has 0 fully saturated rings. The Morgan fingerprint density at radius 1 is 1.06 bits per heavy atom. The van der Waals surface area contributed by atoms with Gasteiger partial charge in [-0.05, 0) is 54.1 Å². The number of hydrazone groups is 1. The van der Waals surface area contributed by atoms with Crippen LogP contribution < -0.4 is 14.5 Å². The first-order valence-electron chi connectivity index (χ1n) is 9.65. The maximum atomic E-state index is 13.1. The fraction of sp³-hybridized carbons (Fsp3) is 0.0870. The minimum absolute atomic E-state index is 0.0562. The molecular formula is C23H22N4O4S. The number of carbonyl (C=O) groups is 1. The van der Waals surface area contributed by atoms with Crippen LogP contribution in [0.2, 0.25) is 0 Å². The third kappa shape index (κ3) is 6.02. The number of hydrogen-bond acceptors (Lipinski definition) is 6. The van der Waals surface area contributed by atoms with E-state index in [9.17, 15) is 13.2 Å². The molecule has 0 aliphatic heterocycles. The number of sulfonamides is 1. The smallest absolute Gasteiger partial charge is 0.265 e. The molecule has 1 N–H and O–H groups in total. The Labute approximate surface area is 186 Å². The standard InChI is InChI=1S/C23H22N4O4S/c1-2-16-31-20-13-11-19(12-14-20)17-25-26-23(28)18-27(22-10-6-7-15-24-22)32(29,30)21-8-4-3-5-9-21/h2-15,17H,1,16,18H2,(H,26,28)/b25-17-. The van der Waals surface area contributed by atoms with Crippen molar-refractivity contribution >= 4 is 28.0 Å². The van der Waals surface area contributed by atoms with E-state index >= 15 is 0 Å². The van der Waals surface area contributed by atoms with Gasteiger partial charge in [-0.2, -0.15) is 5.10 Å². The van der Waals surface area contributed by atoms with Gasteiger partial charge in [0.25, 0.3) is 15.9 Å². The van der Waals surface area contributed by atoms with E-state index in [1.807, 2.05) is 0 Å². The summed E-state index contributed by atoms with van der Waals surface area (Å²) in [5, 5.41) is 3.91. The van der Waals surface area contributed by atoms with E-state index in [4.69, 9.17) is 4.74 Å². The largest absolute Gasteiger partial charge is 0.490 e. The summed E-state index contributed by atoms with van der Waals surface area (Å²) in [5.74, 6) is 0.200. The van der Waals surface area contributed by atoms with Gasteiger partial charge in [0.15, 0.2) is 0 Å². The van der Waals surface area contributed by atoms with Crippen LogP contribution in [0.5, 0.6) is 5.75 Å². The number of aromatic nitrogens is 1. The SMILES string of the molecule is C=CCOc1ccc(/C=N\NC(=O)CN(c2ccccn2)S(=O)(=O)c2ccccc2)cc1. The molecule has 1 amide bonds. The highest BCUT2D eigenvalue weighted by atomic mass is 32.2. The van der Waals surface area contributed by atoms with Crippen molar-refractivity contribution in [2.75, 3.05) is 17.5 Å². The van der Waals surface area contributed by atoms with Crippen LogP contribution in [0.15, 0.2) is 102 Å². The predicted molar refractivity (Wildman–Crippen MR) is 123 cm³/mol. The van der Waals surface area contributed by atoms with E-state index < -0.39 is 22.5 Å². The molecule has 8 nitrogen and oxygen atoms in total. The van der Waals surface area contributed by atoms with E-state index in [0.717, 1.165) is 9.87 Å². The van der Waals surface area contributed by atoms with Gasteiger partial charge in [0.05, 0.1) is 11.1 Å². The van der Waals surface area contributed by atoms with Crippen LogP contribution in [0.4, 0.5) is 5.82 Å². The molecule has 0 unspecified atom stereocenters. The summed E-state index contributed by atoms with van der Waals surface area (Å²) in [6.45, 7) is 3.51. The third-order valence-corrected chi connectivity index (χ3v) is 5.94. The summed E-state index contributed by atoms with van der Waals surface area (Å²) in [6, 6.07) is 19.8. The van der Waals surface area contributed by atoms with Crippen molar-refractivity contribution < 1.29 is 17.9 Å². The maximum Gasteiger partial charge on any atom is 0.265 e.